The fraction of sp³-hybridized carbons (Fsp3) is 0.600. The van der Waals surface area contributed by atoms with Crippen molar-refractivity contribution in [1.29, 1.82) is 0 Å². The maximum Gasteiger partial charge on any atom is 0.178 e. The molecule has 4 nitrogen and oxygen atoms in total. The maximum absolute atomic E-state index is 12.1. The molecule has 1 aromatic carbocycles. The third kappa shape index (κ3) is 2.75. The summed E-state index contributed by atoms with van der Waals surface area (Å²) in [7, 11) is -3.09. The first-order valence-corrected chi connectivity index (χ1v) is 8.91. The number of fused-ring (bicyclic) bond motifs is 1. The van der Waals surface area contributed by atoms with Crippen LogP contribution in [0.25, 0.3) is 0 Å². The summed E-state index contributed by atoms with van der Waals surface area (Å²) >= 11 is 0. The molecule has 1 aromatic rings. The normalized spacial score (nSPS) is 32.5. The average molecular weight is 295 g/mol. The molecule has 5 heteroatoms. The Balaban J connectivity index is 1.81. The van der Waals surface area contributed by atoms with E-state index in [2.05, 4.69) is 12.2 Å². The van der Waals surface area contributed by atoms with Crippen molar-refractivity contribution in [3.8, 4) is 0 Å². The summed E-state index contributed by atoms with van der Waals surface area (Å²) in [6.07, 6.45) is 2.93. The molecule has 0 aliphatic carbocycles. The molecule has 20 heavy (non-hydrogen) atoms. The summed E-state index contributed by atoms with van der Waals surface area (Å²) in [6, 6.07) is 7.94. The van der Waals surface area contributed by atoms with Crippen molar-refractivity contribution in [3.05, 3.63) is 29.8 Å². The Morgan fingerprint density at radius 2 is 2.05 bits per heavy atom. The Morgan fingerprint density at radius 3 is 2.85 bits per heavy atom. The standard InChI is InChI=1S/C15H21NO3S/c1-11-10-12(6-8-19-11)16-14-7-9-20(17,18)15-5-3-2-4-13(14)15/h2-5,11-12,14,16H,6-10H2,1H3. The highest BCUT2D eigenvalue weighted by atomic mass is 32.2. The molecule has 0 radical (unpaired) electrons. The van der Waals surface area contributed by atoms with Gasteiger partial charge in [0.25, 0.3) is 0 Å². The lowest BCUT2D eigenvalue weighted by Crippen LogP contribution is -2.41. The highest BCUT2D eigenvalue weighted by Crippen LogP contribution is 2.33. The average Bonchev–Trinajstić information content (AvgIpc) is 2.43. The number of rotatable bonds is 2. The van der Waals surface area contributed by atoms with Gasteiger partial charge in [-0.25, -0.2) is 8.42 Å². The van der Waals surface area contributed by atoms with Crippen LogP contribution in [-0.2, 0) is 14.6 Å². The molecular formula is C15H21NO3S. The van der Waals surface area contributed by atoms with Gasteiger partial charge in [-0.3, -0.25) is 0 Å². The monoisotopic (exact) mass is 295 g/mol. The van der Waals surface area contributed by atoms with E-state index < -0.39 is 9.84 Å². The smallest absolute Gasteiger partial charge is 0.178 e. The van der Waals surface area contributed by atoms with Crippen molar-refractivity contribution < 1.29 is 13.2 Å². The number of benzene rings is 1. The Bertz CT molecular complexity index is 585. The van der Waals surface area contributed by atoms with E-state index in [4.69, 9.17) is 4.74 Å². The highest BCUT2D eigenvalue weighted by molar-refractivity contribution is 7.91. The zero-order valence-corrected chi connectivity index (χ0v) is 12.5. The first-order valence-electron chi connectivity index (χ1n) is 7.25. The zero-order chi connectivity index (χ0) is 14.2. The van der Waals surface area contributed by atoms with Crippen LogP contribution >= 0.6 is 0 Å². The van der Waals surface area contributed by atoms with Gasteiger partial charge in [0.2, 0.25) is 0 Å². The lowest BCUT2D eigenvalue weighted by atomic mass is 9.98. The van der Waals surface area contributed by atoms with Crippen molar-refractivity contribution in [2.24, 2.45) is 0 Å². The molecule has 0 aromatic heterocycles. The predicted octanol–water partition coefficient (Wildman–Crippen LogP) is 2.06. The van der Waals surface area contributed by atoms with E-state index in [1.54, 1.807) is 12.1 Å². The van der Waals surface area contributed by atoms with Gasteiger partial charge >= 0.3 is 0 Å². The van der Waals surface area contributed by atoms with E-state index in [0.29, 0.717) is 17.4 Å². The second-order valence-corrected chi connectivity index (χ2v) is 7.84. The van der Waals surface area contributed by atoms with Crippen molar-refractivity contribution in [3.63, 3.8) is 0 Å². The van der Waals surface area contributed by atoms with Gasteiger partial charge in [-0.05, 0) is 37.8 Å². The fourth-order valence-electron chi connectivity index (χ4n) is 3.20. The Labute approximate surface area is 120 Å². The number of hydrogen-bond acceptors (Lipinski definition) is 4. The molecule has 3 rings (SSSR count). The topological polar surface area (TPSA) is 55.4 Å². The molecule has 3 unspecified atom stereocenters. The number of nitrogens with one attached hydrogen (secondary N) is 1. The molecule has 0 bridgehead atoms. The van der Waals surface area contributed by atoms with Crippen LogP contribution < -0.4 is 5.32 Å². The molecule has 110 valence electrons. The second kappa shape index (κ2) is 5.47. The summed E-state index contributed by atoms with van der Waals surface area (Å²) < 4.78 is 29.8. The second-order valence-electron chi connectivity index (χ2n) is 5.77. The maximum atomic E-state index is 12.1. The molecule has 2 aliphatic heterocycles. The minimum Gasteiger partial charge on any atom is -0.378 e. The lowest BCUT2D eigenvalue weighted by Gasteiger charge is -2.34. The SMILES string of the molecule is CC1CC(NC2CCS(=O)(=O)c3ccccc32)CCO1. The molecular weight excluding hydrogens is 274 g/mol. The molecule has 2 heterocycles. The van der Waals surface area contributed by atoms with E-state index in [1.165, 1.54) is 0 Å². The van der Waals surface area contributed by atoms with Crippen LogP contribution in [0.5, 0.6) is 0 Å². The van der Waals surface area contributed by atoms with Crippen molar-refractivity contribution in [2.75, 3.05) is 12.4 Å². The van der Waals surface area contributed by atoms with Crippen LogP contribution in [0.15, 0.2) is 29.2 Å². The van der Waals surface area contributed by atoms with Crippen LogP contribution in [0.4, 0.5) is 0 Å². The molecule has 1 fully saturated rings. The number of hydrogen-bond donors (Lipinski definition) is 1. The third-order valence-electron chi connectivity index (χ3n) is 4.23. The first-order chi connectivity index (χ1) is 9.56. The Kier molecular flexibility index (Phi) is 3.84. The van der Waals surface area contributed by atoms with Gasteiger partial charge in [-0.1, -0.05) is 18.2 Å². The molecule has 0 spiro atoms. The number of sulfone groups is 1. The molecule has 3 atom stereocenters. The lowest BCUT2D eigenvalue weighted by molar-refractivity contribution is 0.0110. The minimum absolute atomic E-state index is 0.144. The summed E-state index contributed by atoms with van der Waals surface area (Å²) in [4.78, 5) is 0.504. The van der Waals surface area contributed by atoms with Crippen LogP contribution in [0.3, 0.4) is 0 Å². The van der Waals surface area contributed by atoms with Crippen LogP contribution in [0.1, 0.15) is 37.8 Å². The van der Waals surface area contributed by atoms with Gasteiger partial charge in [0.15, 0.2) is 9.84 Å². The molecule has 2 aliphatic rings. The zero-order valence-electron chi connectivity index (χ0n) is 11.7. The van der Waals surface area contributed by atoms with Gasteiger partial charge in [0, 0.05) is 18.7 Å². The summed E-state index contributed by atoms with van der Waals surface area (Å²) in [5, 5.41) is 3.64. The minimum atomic E-state index is -3.09. The Morgan fingerprint density at radius 1 is 1.25 bits per heavy atom. The predicted molar refractivity (Wildman–Crippen MR) is 77.4 cm³/mol. The Hall–Kier alpha value is -0.910. The molecule has 0 saturated carbocycles. The van der Waals surface area contributed by atoms with Crippen LogP contribution in [0, 0.1) is 0 Å². The van der Waals surface area contributed by atoms with Gasteiger partial charge in [0.1, 0.15) is 0 Å². The van der Waals surface area contributed by atoms with Crippen LogP contribution in [-0.4, -0.2) is 32.9 Å². The largest absolute Gasteiger partial charge is 0.378 e. The fourth-order valence-corrected chi connectivity index (χ4v) is 4.82. The third-order valence-corrected chi connectivity index (χ3v) is 6.04. The van der Waals surface area contributed by atoms with Crippen LogP contribution in [0.2, 0.25) is 0 Å². The van der Waals surface area contributed by atoms with E-state index >= 15 is 0 Å². The van der Waals surface area contributed by atoms with Gasteiger partial charge < -0.3 is 10.1 Å². The van der Waals surface area contributed by atoms with E-state index in [0.717, 1.165) is 25.0 Å². The van der Waals surface area contributed by atoms with Crippen molar-refractivity contribution in [2.45, 2.75) is 49.3 Å². The van der Waals surface area contributed by atoms with E-state index in [9.17, 15) is 8.42 Å². The quantitative estimate of drug-likeness (QED) is 0.907. The molecule has 1 saturated heterocycles. The summed E-state index contributed by atoms with van der Waals surface area (Å²) in [5.74, 6) is 0.237. The van der Waals surface area contributed by atoms with Gasteiger partial charge in [-0.15, -0.1) is 0 Å². The number of ether oxygens (including phenoxy) is 1. The molecule has 0 amide bonds. The van der Waals surface area contributed by atoms with E-state index in [-0.39, 0.29) is 17.9 Å². The summed E-state index contributed by atoms with van der Waals surface area (Å²) in [6.45, 7) is 2.87. The van der Waals surface area contributed by atoms with Crippen molar-refractivity contribution in [1.82, 2.24) is 5.32 Å². The van der Waals surface area contributed by atoms with E-state index in [1.807, 2.05) is 12.1 Å². The summed E-state index contributed by atoms with van der Waals surface area (Å²) in [5.41, 5.74) is 0.929. The molecule has 1 N–H and O–H groups in total. The van der Waals surface area contributed by atoms with Gasteiger partial charge in [-0.2, -0.15) is 0 Å². The highest BCUT2D eigenvalue weighted by Gasteiger charge is 2.31. The van der Waals surface area contributed by atoms with Crippen molar-refractivity contribution >= 4 is 9.84 Å². The van der Waals surface area contributed by atoms with Gasteiger partial charge in [0.05, 0.1) is 16.8 Å². The first kappa shape index (κ1) is 14.0.